The van der Waals surface area contributed by atoms with Crippen molar-refractivity contribution in [3.63, 3.8) is 0 Å². The Morgan fingerprint density at radius 1 is 1.69 bits per heavy atom. The van der Waals surface area contributed by atoms with E-state index < -0.39 is 0 Å². The molecule has 13 heavy (non-hydrogen) atoms. The van der Waals surface area contributed by atoms with Gasteiger partial charge in [-0.2, -0.15) is 0 Å². The first-order valence-electron chi connectivity index (χ1n) is 3.63. The van der Waals surface area contributed by atoms with Gasteiger partial charge in [0.25, 0.3) is 5.91 Å². The van der Waals surface area contributed by atoms with Crippen molar-refractivity contribution in [3.8, 4) is 0 Å². The van der Waals surface area contributed by atoms with E-state index >= 15 is 0 Å². The summed E-state index contributed by atoms with van der Waals surface area (Å²) in [4.78, 5) is 17.1. The van der Waals surface area contributed by atoms with Gasteiger partial charge in [0.2, 0.25) is 0 Å². The summed E-state index contributed by atoms with van der Waals surface area (Å²) in [6, 6.07) is 0. The molecule has 0 saturated heterocycles. The lowest BCUT2D eigenvalue weighted by molar-refractivity contribution is -0.0754. The maximum atomic E-state index is 11.6. The van der Waals surface area contributed by atoms with Crippen LogP contribution in [0, 0.1) is 6.92 Å². The fraction of sp³-hybridized carbons (Fsp3) is 0.375. The fourth-order valence-electron chi connectivity index (χ4n) is 0.800. The lowest BCUT2D eigenvalue weighted by Gasteiger charge is -2.12. The SMILES string of the molecule is CON(C)C(=O)c1scc(C)c1Br. The quantitative estimate of drug-likeness (QED) is 0.768. The number of hydrogen-bond acceptors (Lipinski definition) is 3. The van der Waals surface area contributed by atoms with Gasteiger partial charge in [0, 0.05) is 11.5 Å². The molecule has 1 aromatic heterocycles. The summed E-state index contributed by atoms with van der Waals surface area (Å²) < 4.78 is 0.853. The van der Waals surface area contributed by atoms with E-state index in [1.165, 1.54) is 23.5 Å². The summed E-state index contributed by atoms with van der Waals surface area (Å²) in [5.41, 5.74) is 1.07. The lowest BCUT2D eigenvalue weighted by atomic mass is 10.3. The van der Waals surface area contributed by atoms with E-state index in [4.69, 9.17) is 4.84 Å². The van der Waals surface area contributed by atoms with Crippen molar-refractivity contribution in [2.45, 2.75) is 6.92 Å². The van der Waals surface area contributed by atoms with E-state index in [0.717, 1.165) is 10.0 Å². The van der Waals surface area contributed by atoms with Crippen molar-refractivity contribution in [3.05, 3.63) is 20.3 Å². The highest BCUT2D eigenvalue weighted by Gasteiger charge is 2.17. The predicted octanol–water partition coefficient (Wildman–Crippen LogP) is 2.45. The fourth-order valence-corrected chi connectivity index (χ4v) is 2.42. The minimum Gasteiger partial charge on any atom is -0.274 e. The number of carbonyl (C=O) groups is 1. The molecule has 3 nitrogen and oxygen atoms in total. The summed E-state index contributed by atoms with van der Waals surface area (Å²) in [7, 11) is 3.05. The smallest absolute Gasteiger partial charge is 0.274 e. The molecule has 0 unspecified atom stereocenters. The zero-order chi connectivity index (χ0) is 10.0. The van der Waals surface area contributed by atoms with Crippen molar-refractivity contribution in [1.82, 2.24) is 5.06 Å². The third kappa shape index (κ3) is 2.10. The van der Waals surface area contributed by atoms with Crippen LogP contribution in [-0.2, 0) is 4.84 Å². The molecular weight excluding hydrogens is 254 g/mol. The molecule has 0 radical (unpaired) electrons. The third-order valence-electron chi connectivity index (χ3n) is 1.65. The standard InChI is InChI=1S/C8H10BrNO2S/c1-5-4-13-7(6(5)9)8(11)10(2)12-3/h4H,1-3H3. The molecule has 0 bridgehead atoms. The molecule has 1 aromatic rings. The van der Waals surface area contributed by atoms with Gasteiger partial charge < -0.3 is 0 Å². The number of nitrogens with zero attached hydrogens (tertiary/aromatic N) is 1. The minimum absolute atomic E-state index is 0.132. The Bertz CT molecular complexity index is 324. The number of thiophene rings is 1. The zero-order valence-corrected chi connectivity index (χ0v) is 10.0. The van der Waals surface area contributed by atoms with Crippen LogP contribution < -0.4 is 0 Å². The van der Waals surface area contributed by atoms with Gasteiger partial charge in [0.15, 0.2) is 0 Å². The molecule has 1 heterocycles. The molecule has 0 N–H and O–H groups in total. The molecule has 0 aromatic carbocycles. The Kier molecular flexibility index (Phi) is 3.47. The van der Waals surface area contributed by atoms with E-state index in [9.17, 15) is 4.79 Å². The lowest BCUT2D eigenvalue weighted by Crippen LogP contribution is -2.24. The van der Waals surface area contributed by atoms with Crippen LogP contribution in [0.5, 0.6) is 0 Å². The second-order valence-corrected chi connectivity index (χ2v) is 4.22. The van der Waals surface area contributed by atoms with Crippen molar-refractivity contribution in [2.24, 2.45) is 0 Å². The molecule has 0 aliphatic carbocycles. The first-order chi connectivity index (χ1) is 6.07. The molecule has 0 atom stereocenters. The molecule has 5 heteroatoms. The first kappa shape index (κ1) is 10.7. The van der Waals surface area contributed by atoms with Crippen LogP contribution in [0.3, 0.4) is 0 Å². The Balaban J connectivity index is 2.95. The summed E-state index contributed by atoms with van der Waals surface area (Å²) in [6.45, 7) is 1.95. The molecule has 72 valence electrons. The molecule has 0 fully saturated rings. The summed E-state index contributed by atoms with van der Waals surface area (Å²) in [6.07, 6.45) is 0. The van der Waals surface area contributed by atoms with Crippen LogP contribution in [-0.4, -0.2) is 25.1 Å². The minimum atomic E-state index is -0.132. The molecule has 0 aliphatic heterocycles. The largest absolute Gasteiger partial charge is 0.288 e. The number of rotatable bonds is 2. The van der Waals surface area contributed by atoms with Crippen LogP contribution in [0.1, 0.15) is 15.2 Å². The second kappa shape index (κ2) is 4.21. The molecule has 0 aliphatic rings. The average Bonchev–Trinajstić information content (AvgIpc) is 2.45. The summed E-state index contributed by atoms with van der Waals surface area (Å²) in [5.74, 6) is -0.132. The van der Waals surface area contributed by atoms with Crippen molar-refractivity contribution in [1.29, 1.82) is 0 Å². The number of amides is 1. The maximum Gasteiger partial charge on any atom is 0.288 e. The number of aryl methyl sites for hydroxylation is 1. The van der Waals surface area contributed by atoms with Gasteiger partial charge in [0.05, 0.1) is 7.11 Å². The molecule has 1 amide bonds. The number of hydrogen-bond donors (Lipinski definition) is 0. The zero-order valence-electron chi connectivity index (χ0n) is 7.63. The molecule has 1 rings (SSSR count). The topological polar surface area (TPSA) is 29.5 Å². The van der Waals surface area contributed by atoms with E-state index in [1.54, 1.807) is 7.05 Å². The van der Waals surface area contributed by atoms with Crippen LogP contribution in [0.15, 0.2) is 9.85 Å². The van der Waals surface area contributed by atoms with Gasteiger partial charge in [-0.25, -0.2) is 5.06 Å². The van der Waals surface area contributed by atoms with E-state index in [2.05, 4.69) is 15.9 Å². The van der Waals surface area contributed by atoms with Crippen LogP contribution >= 0.6 is 27.3 Å². The maximum absolute atomic E-state index is 11.6. The Morgan fingerprint density at radius 2 is 2.31 bits per heavy atom. The van der Waals surface area contributed by atoms with Gasteiger partial charge in [-0.15, -0.1) is 11.3 Å². The van der Waals surface area contributed by atoms with Crippen LogP contribution in [0.25, 0.3) is 0 Å². The normalized spacial score (nSPS) is 10.2. The van der Waals surface area contributed by atoms with E-state index in [-0.39, 0.29) is 5.91 Å². The Hall–Kier alpha value is -0.390. The molecular formula is C8H10BrNO2S. The first-order valence-corrected chi connectivity index (χ1v) is 5.31. The molecule has 0 spiro atoms. The van der Waals surface area contributed by atoms with Crippen molar-refractivity contribution >= 4 is 33.2 Å². The average molecular weight is 264 g/mol. The van der Waals surface area contributed by atoms with Gasteiger partial charge in [-0.05, 0) is 33.8 Å². The Morgan fingerprint density at radius 3 is 2.69 bits per heavy atom. The van der Waals surface area contributed by atoms with Crippen LogP contribution in [0.4, 0.5) is 0 Å². The summed E-state index contributed by atoms with van der Waals surface area (Å²) in [5, 5.41) is 3.14. The number of hydroxylamine groups is 2. The third-order valence-corrected chi connectivity index (χ3v) is 4.02. The predicted molar refractivity (Wildman–Crippen MR) is 55.9 cm³/mol. The van der Waals surface area contributed by atoms with E-state index in [0.29, 0.717) is 4.88 Å². The molecule has 0 saturated carbocycles. The second-order valence-electron chi connectivity index (χ2n) is 2.55. The Labute approximate surface area is 89.4 Å². The summed E-state index contributed by atoms with van der Waals surface area (Å²) >= 11 is 4.77. The van der Waals surface area contributed by atoms with Gasteiger partial charge in [-0.1, -0.05) is 0 Å². The number of carbonyl (C=O) groups excluding carboxylic acids is 1. The van der Waals surface area contributed by atoms with Crippen LogP contribution in [0.2, 0.25) is 0 Å². The van der Waals surface area contributed by atoms with Gasteiger partial charge >= 0.3 is 0 Å². The van der Waals surface area contributed by atoms with Crippen molar-refractivity contribution < 1.29 is 9.63 Å². The van der Waals surface area contributed by atoms with Gasteiger partial charge in [-0.3, -0.25) is 9.63 Å². The van der Waals surface area contributed by atoms with Gasteiger partial charge in [0.1, 0.15) is 4.88 Å². The monoisotopic (exact) mass is 263 g/mol. The highest BCUT2D eigenvalue weighted by molar-refractivity contribution is 9.10. The number of halogens is 1. The highest BCUT2D eigenvalue weighted by Crippen LogP contribution is 2.28. The highest BCUT2D eigenvalue weighted by atomic mass is 79.9. The van der Waals surface area contributed by atoms with E-state index in [1.807, 2.05) is 12.3 Å². The van der Waals surface area contributed by atoms with Crippen molar-refractivity contribution in [2.75, 3.05) is 14.2 Å².